The molecule has 1 aliphatic heterocycles. The molecule has 3 unspecified atom stereocenters. The number of hydrogen-bond donors (Lipinski definition) is 4. The smallest absolute Gasteiger partial charge is 0.251 e. The summed E-state index contributed by atoms with van der Waals surface area (Å²) in [6.45, 7) is 30.8. The number of allylic oxidation sites excluding steroid dienone is 2. The van der Waals surface area contributed by atoms with Crippen molar-refractivity contribution in [2.45, 2.75) is 217 Å². The van der Waals surface area contributed by atoms with E-state index in [9.17, 15) is 47.9 Å². The Morgan fingerprint density at radius 2 is 0.814 bits per heavy atom. The fourth-order valence-corrected chi connectivity index (χ4v) is 10.7. The van der Waals surface area contributed by atoms with Crippen LogP contribution in [-0.2, 0) is 57.5 Å². The van der Waals surface area contributed by atoms with Crippen LogP contribution >= 0.6 is 0 Å². The van der Waals surface area contributed by atoms with Gasteiger partial charge in [0, 0.05) is 55.3 Å². The summed E-state index contributed by atoms with van der Waals surface area (Å²) in [7, 11) is 9.80. The molecule has 0 spiro atoms. The molecule has 0 aromatic rings. The maximum absolute atomic E-state index is 15.2. The third kappa shape index (κ3) is 21.5. The molecular weight excluding hydrogens is 1100 g/mol. The van der Waals surface area contributed by atoms with Crippen LogP contribution in [0.1, 0.15) is 157 Å². The van der Waals surface area contributed by atoms with E-state index in [4.69, 9.17) is 0 Å². The van der Waals surface area contributed by atoms with Gasteiger partial charge in [-0.1, -0.05) is 116 Å². The zero-order valence-corrected chi connectivity index (χ0v) is 56.8. The third-order valence-corrected chi connectivity index (χ3v) is 16.1. The van der Waals surface area contributed by atoms with Crippen molar-refractivity contribution in [3.8, 4) is 0 Å². The number of nitrogens with zero attached hydrogens (tertiary/aromatic N) is 7. The Hall–Kier alpha value is -6.42. The first-order chi connectivity index (χ1) is 39.6. The van der Waals surface area contributed by atoms with E-state index >= 15 is 9.59 Å². The summed E-state index contributed by atoms with van der Waals surface area (Å²) in [4.78, 5) is 183. The Bertz CT molecular complexity index is 2410. The second kappa shape index (κ2) is 34.8. The highest BCUT2D eigenvalue weighted by atomic mass is 16.2. The number of carbonyl (C=O) groups excluding carboxylic acids is 12. The minimum absolute atomic E-state index is 0.128. The van der Waals surface area contributed by atoms with Crippen molar-refractivity contribution >= 4 is 70.8 Å². The number of hydrogen-bond acceptors (Lipinski definition) is 12. The number of carbonyl (C=O) groups is 12. The molecule has 4 N–H and O–H groups in total. The van der Waals surface area contributed by atoms with Gasteiger partial charge in [0.25, 0.3) is 5.91 Å². The van der Waals surface area contributed by atoms with Crippen LogP contribution in [-0.4, -0.2) is 221 Å². The SMILES string of the molecule is C/C=C/C[C@@H](C)C(=O)C1C(=O)N[C@@H](C(C)C)C(=O)N(C)CC(=O)N(C)[C@@H](CC(C)C)C(=O)N[C@@H](C(C)C)C(=O)N(C)[C@@H](CC(C)C)C(=O)NC(C)C(=O)N[C@H](C)C(=O)N(C)[C@@H](CC(C)C)C(=O)N(C)C(CC(C)C)C(=O)N(C)[C@@H](C(C)C)C(=O)N1C. The second-order valence-electron chi connectivity index (χ2n) is 26.6. The minimum atomic E-state index is -1.82. The van der Waals surface area contributed by atoms with Gasteiger partial charge in [0.15, 0.2) is 11.8 Å². The van der Waals surface area contributed by atoms with Gasteiger partial charge in [-0.25, -0.2) is 0 Å². The standard InChI is InChI=1S/C63H111N11O12/c1-26-27-28-41(16)53(76)52-57(80)67-49(38(10)11)61(84)68(19)33-48(75)69(20)44(29-34(2)3)56(79)66-50(39(12)13)62(85)70(21)45(30-35(4)5)55(78)64-42(17)54(77)65-43(18)58(81)71(22)46(31-36(6)7)59(82)72(23)47(32-37(8)9)60(83)73(24)51(40(14)15)63(86)74(52)25/h26-27,34-47,49-52H,28-33H2,1-25H3,(H,64,78)(H,65,77)(H,66,79)(H,67,80)/b27-26+/t41-,42?,43-,44+,45+,46+,47?,49+,50+,51+,52?/m1/s1. The van der Waals surface area contributed by atoms with Gasteiger partial charge >= 0.3 is 0 Å². The Morgan fingerprint density at radius 3 is 1.26 bits per heavy atom. The van der Waals surface area contributed by atoms with Crippen LogP contribution in [0.5, 0.6) is 0 Å². The van der Waals surface area contributed by atoms with Gasteiger partial charge < -0.3 is 55.6 Å². The van der Waals surface area contributed by atoms with Gasteiger partial charge in [-0.15, -0.1) is 0 Å². The van der Waals surface area contributed by atoms with Crippen LogP contribution < -0.4 is 21.3 Å². The summed E-state index contributed by atoms with van der Waals surface area (Å²) >= 11 is 0. The van der Waals surface area contributed by atoms with E-state index in [-0.39, 0.29) is 55.8 Å². The molecule has 1 heterocycles. The summed E-state index contributed by atoms with van der Waals surface area (Å²) in [5.41, 5.74) is 0. The van der Waals surface area contributed by atoms with Gasteiger partial charge in [-0.2, -0.15) is 0 Å². The average molecular weight is 1210 g/mol. The van der Waals surface area contributed by atoms with Crippen molar-refractivity contribution in [2.75, 3.05) is 55.9 Å². The average Bonchev–Trinajstić information content (AvgIpc) is 2.16. The molecule has 0 bridgehead atoms. The summed E-state index contributed by atoms with van der Waals surface area (Å²) in [6.07, 6.45) is 4.28. The molecule has 0 aromatic heterocycles. The molecule has 11 amide bonds. The zero-order valence-electron chi connectivity index (χ0n) is 56.8. The highest BCUT2D eigenvalue weighted by Gasteiger charge is 2.46. The topological polar surface area (TPSA) is 276 Å². The molecule has 1 fully saturated rings. The molecule has 0 aromatic carbocycles. The monoisotopic (exact) mass is 1210 g/mol. The Balaban J connectivity index is 4.37. The number of ketones is 1. The van der Waals surface area contributed by atoms with E-state index in [0.29, 0.717) is 0 Å². The lowest BCUT2D eigenvalue weighted by molar-refractivity contribution is -0.157. The predicted molar refractivity (Wildman–Crippen MR) is 332 cm³/mol. The van der Waals surface area contributed by atoms with Crippen molar-refractivity contribution in [3.05, 3.63) is 12.2 Å². The van der Waals surface area contributed by atoms with E-state index < -0.39 is 161 Å². The van der Waals surface area contributed by atoms with Crippen molar-refractivity contribution in [2.24, 2.45) is 47.3 Å². The van der Waals surface area contributed by atoms with Crippen LogP contribution in [0.15, 0.2) is 12.2 Å². The van der Waals surface area contributed by atoms with Gasteiger partial charge in [0.05, 0.1) is 6.54 Å². The fourth-order valence-electron chi connectivity index (χ4n) is 10.7. The van der Waals surface area contributed by atoms with Gasteiger partial charge in [0.2, 0.25) is 59.1 Å². The second-order valence-corrected chi connectivity index (χ2v) is 26.6. The lowest BCUT2D eigenvalue weighted by Gasteiger charge is -2.41. The van der Waals surface area contributed by atoms with E-state index in [1.54, 1.807) is 67.5 Å². The van der Waals surface area contributed by atoms with Crippen LogP contribution in [0.25, 0.3) is 0 Å². The Kier molecular flexibility index (Phi) is 31.4. The van der Waals surface area contributed by atoms with Gasteiger partial charge in [0.1, 0.15) is 54.4 Å². The number of likely N-dealkylation sites (N-methyl/N-ethyl adjacent to an activating group) is 7. The number of Topliss-reactive ketones (excluding diaryl/α,β-unsaturated/α-hetero) is 1. The van der Waals surface area contributed by atoms with E-state index in [2.05, 4.69) is 21.3 Å². The maximum Gasteiger partial charge on any atom is 0.251 e. The van der Waals surface area contributed by atoms with Crippen LogP contribution in [0.4, 0.5) is 0 Å². The molecule has 23 nitrogen and oxygen atoms in total. The third-order valence-electron chi connectivity index (χ3n) is 16.1. The Labute approximate surface area is 514 Å². The molecule has 0 aliphatic carbocycles. The number of rotatable bonds is 15. The van der Waals surface area contributed by atoms with Crippen LogP contribution in [0.2, 0.25) is 0 Å². The quantitative estimate of drug-likeness (QED) is 0.135. The summed E-state index contributed by atoms with van der Waals surface area (Å²) in [5, 5.41) is 11.0. The van der Waals surface area contributed by atoms with Gasteiger partial charge in [-0.05, 0) is 94.3 Å². The first kappa shape index (κ1) is 77.6. The van der Waals surface area contributed by atoms with E-state index in [1.165, 1.54) is 87.7 Å². The summed E-state index contributed by atoms with van der Waals surface area (Å²) < 4.78 is 0. The first-order valence-electron chi connectivity index (χ1n) is 30.8. The highest BCUT2D eigenvalue weighted by Crippen LogP contribution is 2.25. The molecule has 1 aliphatic rings. The predicted octanol–water partition coefficient (Wildman–Crippen LogP) is 3.72. The molecule has 23 heteroatoms. The normalized spacial score (nSPS) is 26.4. The Morgan fingerprint density at radius 1 is 0.430 bits per heavy atom. The molecule has 11 atom stereocenters. The minimum Gasteiger partial charge on any atom is -0.343 e. The molecule has 1 saturated heterocycles. The van der Waals surface area contributed by atoms with Crippen molar-refractivity contribution in [1.29, 1.82) is 0 Å². The molecule has 0 saturated carbocycles. The van der Waals surface area contributed by atoms with E-state index in [0.717, 1.165) is 9.80 Å². The molecular formula is C63H111N11O12. The van der Waals surface area contributed by atoms with Crippen molar-refractivity contribution < 1.29 is 57.5 Å². The van der Waals surface area contributed by atoms with Crippen molar-refractivity contribution in [3.63, 3.8) is 0 Å². The van der Waals surface area contributed by atoms with Crippen LogP contribution in [0, 0.1) is 47.3 Å². The zero-order chi connectivity index (χ0) is 66.8. The molecule has 490 valence electrons. The fraction of sp³-hybridized carbons (Fsp3) is 0.778. The first-order valence-corrected chi connectivity index (χ1v) is 30.8. The van der Waals surface area contributed by atoms with Crippen LogP contribution in [0.3, 0.4) is 0 Å². The lowest BCUT2D eigenvalue weighted by Crippen LogP contribution is -2.63. The van der Waals surface area contributed by atoms with Crippen molar-refractivity contribution in [1.82, 2.24) is 55.6 Å². The number of amides is 11. The lowest BCUT2D eigenvalue weighted by atomic mass is 9.92. The molecule has 86 heavy (non-hydrogen) atoms. The summed E-state index contributed by atoms with van der Waals surface area (Å²) in [6, 6.07) is -12.7. The summed E-state index contributed by atoms with van der Waals surface area (Å²) in [5.74, 6) is -11.6. The largest absolute Gasteiger partial charge is 0.343 e. The van der Waals surface area contributed by atoms with E-state index in [1.807, 2.05) is 55.4 Å². The highest BCUT2D eigenvalue weighted by molar-refractivity contribution is 6.10. The maximum atomic E-state index is 15.2. The molecule has 0 radical (unpaired) electrons. The van der Waals surface area contributed by atoms with Gasteiger partial charge in [-0.3, -0.25) is 57.5 Å². The molecule has 1 rings (SSSR count). The number of nitrogens with one attached hydrogen (secondary N) is 4.